The normalized spacial score (nSPS) is 16.3. The maximum atomic E-state index is 12.8. The van der Waals surface area contributed by atoms with Crippen LogP contribution in [0.15, 0.2) is 72.2 Å². The number of thiazole rings is 1. The molecule has 1 unspecified atom stereocenters. The van der Waals surface area contributed by atoms with Crippen LogP contribution in [0.5, 0.6) is 0 Å². The lowest BCUT2D eigenvalue weighted by Gasteiger charge is -2.34. The minimum atomic E-state index is -0.189. The highest BCUT2D eigenvalue weighted by atomic mass is 32.1. The second-order valence-electron chi connectivity index (χ2n) is 7.63. The second-order valence-corrected chi connectivity index (χ2v) is 8.56. The molecule has 2 aromatic carbocycles. The molecule has 3 aromatic rings. The monoisotopic (exact) mass is 420 g/mol. The summed E-state index contributed by atoms with van der Waals surface area (Å²) in [5.41, 5.74) is 2.44. The summed E-state index contributed by atoms with van der Waals surface area (Å²) in [6, 6.07) is 20.5. The van der Waals surface area contributed by atoms with Gasteiger partial charge in [-0.2, -0.15) is 0 Å². The van der Waals surface area contributed by atoms with Crippen molar-refractivity contribution in [1.82, 2.24) is 20.1 Å². The minimum Gasteiger partial charge on any atom is -0.342 e. The smallest absolute Gasteiger partial charge is 0.235 e. The Morgan fingerprint density at radius 1 is 0.967 bits per heavy atom. The molecule has 5 nitrogen and oxygen atoms in total. The first-order valence-electron chi connectivity index (χ1n) is 10.5. The van der Waals surface area contributed by atoms with Gasteiger partial charge in [-0.25, -0.2) is 4.98 Å². The molecule has 0 bridgehead atoms. The Hall–Kier alpha value is -2.54. The number of hydrogen-bond acceptors (Lipinski definition) is 5. The Bertz CT molecular complexity index is 893. The molecular formula is C24H28N4OS. The van der Waals surface area contributed by atoms with Gasteiger partial charge in [0.1, 0.15) is 11.0 Å². The molecular weight excluding hydrogens is 392 g/mol. The molecule has 0 aliphatic carbocycles. The molecule has 1 atom stereocenters. The van der Waals surface area contributed by atoms with Crippen molar-refractivity contribution < 1.29 is 4.79 Å². The summed E-state index contributed by atoms with van der Waals surface area (Å²) < 4.78 is 0. The van der Waals surface area contributed by atoms with Gasteiger partial charge in [0.2, 0.25) is 5.91 Å². The number of benzene rings is 2. The van der Waals surface area contributed by atoms with Gasteiger partial charge >= 0.3 is 0 Å². The fourth-order valence-corrected chi connectivity index (χ4v) is 4.54. The fraction of sp³-hybridized carbons (Fsp3) is 0.333. The van der Waals surface area contributed by atoms with E-state index in [1.54, 1.807) is 17.5 Å². The van der Waals surface area contributed by atoms with E-state index in [9.17, 15) is 4.79 Å². The van der Waals surface area contributed by atoms with Crippen molar-refractivity contribution in [2.24, 2.45) is 0 Å². The van der Waals surface area contributed by atoms with Gasteiger partial charge in [0.15, 0.2) is 0 Å². The third-order valence-corrected chi connectivity index (χ3v) is 6.37. The van der Waals surface area contributed by atoms with Crippen molar-refractivity contribution in [1.29, 1.82) is 0 Å². The summed E-state index contributed by atoms with van der Waals surface area (Å²) in [5.74, 6) is 0.0526. The van der Waals surface area contributed by atoms with Crippen molar-refractivity contribution in [3.63, 3.8) is 0 Å². The second kappa shape index (κ2) is 10.5. The molecule has 1 aromatic heterocycles. The van der Waals surface area contributed by atoms with Crippen LogP contribution in [-0.2, 0) is 11.2 Å². The summed E-state index contributed by atoms with van der Waals surface area (Å²) in [6.07, 6.45) is 2.87. The van der Waals surface area contributed by atoms with E-state index in [2.05, 4.69) is 50.4 Å². The molecule has 4 rings (SSSR count). The highest BCUT2D eigenvalue weighted by Crippen LogP contribution is 2.23. The molecule has 1 amide bonds. The SMILES string of the molecule is O=C(CN1CCN(CCc2ccccc2)CC1)NC(c1ccccc1)c1nccs1. The Balaban J connectivity index is 1.26. The van der Waals surface area contributed by atoms with Gasteiger partial charge < -0.3 is 10.2 Å². The predicted octanol–water partition coefficient (Wildman–Crippen LogP) is 3.21. The standard InChI is InChI=1S/C24H28N4OS/c29-22(26-23(24-25-12-18-30-24)21-9-5-2-6-10-21)19-28-16-14-27(15-17-28)13-11-20-7-3-1-4-8-20/h1-10,12,18,23H,11,13-17,19H2,(H,26,29). The van der Waals surface area contributed by atoms with E-state index in [0.29, 0.717) is 6.54 Å². The molecule has 1 saturated heterocycles. The van der Waals surface area contributed by atoms with Crippen molar-refractivity contribution in [2.45, 2.75) is 12.5 Å². The summed E-state index contributed by atoms with van der Waals surface area (Å²) in [7, 11) is 0. The van der Waals surface area contributed by atoms with E-state index in [4.69, 9.17) is 0 Å². The minimum absolute atomic E-state index is 0.0526. The first kappa shape index (κ1) is 20.7. The number of piperazine rings is 1. The van der Waals surface area contributed by atoms with Crippen molar-refractivity contribution in [2.75, 3.05) is 39.3 Å². The predicted molar refractivity (Wildman–Crippen MR) is 122 cm³/mol. The van der Waals surface area contributed by atoms with E-state index in [1.165, 1.54) is 5.56 Å². The van der Waals surface area contributed by atoms with E-state index in [-0.39, 0.29) is 11.9 Å². The Kier molecular flexibility index (Phi) is 7.24. The van der Waals surface area contributed by atoms with Crippen LogP contribution in [0, 0.1) is 0 Å². The van der Waals surface area contributed by atoms with Crippen LogP contribution in [0.25, 0.3) is 0 Å². The molecule has 30 heavy (non-hydrogen) atoms. The third-order valence-electron chi connectivity index (χ3n) is 5.53. The molecule has 0 radical (unpaired) electrons. The van der Waals surface area contributed by atoms with Crippen molar-refractivity contribution >= 4 is 17.2 Å². The average Bonchev–Trinajstić information content (AvgIpc) is 3.33. The third kappa shape index (κ3) is 5.75. The number of amides is 1. The summed E-state index contributed by atoms with van der Waals surface area (Å²) in [4.78, 5) is 22.0. The van der Waals surface area contributed by atoms with Crippen molar-refractivity contribution in [3.8, 4) is 0 Å². The van der Waals surface area contributed by atoms with Gasteiger partial charge in [0.25, 0.3) is 0 Å². The first-order valence-corrected chi connectivity index (χ1v) is 11.4. The molecule has 156 valence electrons. The lowest BCUT2D eigenvalue weighted by atomic mass is 10.1. The number of nitrogens with zero attached hydrogens (tertiary/aromatic N) is 3. The van der Waals surface area contributed by atoms with Crippen LogP contribution >= 0.6 is 11.3 Å². The molecule has 1 fully saturated rings. The number of rotatable bonds is 8. The quantitative estimate of drug-likeness (QED) is 0.608. The highest BCUT2D eigenvalue weighted by Gasteiger charge is 2.22. The van der Waals surface area contributed by atoms with Crippen LogP contribution in [-0.4, -0.2) is 60.0 Å². The van der Waals surface area contributed by atoms with Gasteiger partial charge in [-0.15, -0.1) is 11.3 Å². The van der Waals surface area contributed by atoms with Crippen LogP contribution < -0.4 is 5.32 Å². The van der Waals surface area contributed by atoms with Crippen LogP contribution in [0.3, 0.4) is 0 Å². The zero-order valence-corrected chi connectivity index (χ0v) is 17.9. The maximum absolute atomic E-state index is 12.8. The van der Waals surface area contributed by atoms with Gasteiger partial charge in [-0.1, -0.05) is 60.7 Å². The molecule has 1 N–H and O–H groups in total. The van der Waals surface area contributed by atoms with E-state index in [0.717, 1.165) is 49.7 Å². The average molecular weight is 421 g/mol. The molecule has 1 aliphatic heterocycles. The summed E-state index contributed by atoms with van der Waals surface area (Å²) in [5, 5.41) is 6.06. The van der Waals surface area contributed by atoms with Crippen LogP contribution in [0.1, 0.15) is 22.2 Å². The Morgan fingerprint density at radius 2 is 1.63 bits per heavy atom. The van der Waals surface area contributed by atoms with Gasteiger partial charge in [0.05, 0.1) is 6.54 Å². The summed E-state index contributed by atoms with van der Waals surface area (Å²) >= 11 is 1.57. The maximum Gasteiger partial charge on any atom is 0.235 e. The van der Waals surface area contributed by atoms with Gasteiger partial charge in [-0.05, 0) is 17.5 Å². The fourth-order valence-electron chi connectivity index (χ4n) is 3.82. The number of carbonyl (C=O) groups is 1. The lowest BCUT2D eigenvalue weighted by molar-refractivity contribution is -0.123. The molecule has 2 heterocycles. The van der Waals surface area contributed by atoms with Gasteiger partial charge in [-0.3, -0.25) is 9.69 Å². The number of nitrogens with one attached hydrogen (secondary N) is 1. The van der Waals surface area contributed by atoms with Crippen molar-refractivity contribution in [3.05, 3.63) is 88.4 Å². The zero-order valence-electron chi connectivity index (χ0n) is 17.1. The van der Waals surface area contributed by atoms with Crippen LogP contribution in [0.4, 0.5) is 0 Å². The van der Waals surface area contributed by atoms with Gasteiger partial charge in [0, 0.05) is 44.3 Å². The van der Waals surface area contributed by atoms with E-state index < -0.39 is 0 Å². The lowest BCUT2D eigenvalue weighted by Crippen LogP contribution is -2.50. The topological polar surface area (TPSA) is 48.5 Å². The Morgan fingerprint density at radius 3 is 2.30 bits per heavy atom. The number of aromatic nitrogens is 1. The first-order chi connectivity index (χ1) is 14.8. The van der Waals surface area contributed by atoms with Crippen LogP contribution in [0.2, 0.25) is 0 Å². The number of carbonyl (C=O) groups excluding carboxylic acids is 1. The largest absolute Gasteiger partial charge is 0.342 e. The van der Waals surface area contributed by atoms with E-state index in [1.807, 2.05) is 35.7 Å². The zero-order chi connectivity index (χ0) is 20.6. The number of hydrogen-bond donors (Lipinski definition) is 1. The molecule has 0 saturated carbocycles. The molecule has 6 heteroatoms. The highest BCUT2D eigenvalue weighted by molar-refractivity contribution is 7.09. The summed E-state index contributed by atoms with van der Waals surface area (Å²) in [6.45, 7) is 5.37. The molecule has 0 spiro atoms. The Labute approximate surface area is 182 Å². The van der Waals surface area contributed by atoms with E-state index >= 15 is 0 Å². The molecule has 1 aliphatic rings.